The van der Waals surface area contributed by atoms with Gasteiger partial charge in [-0.25, -0.2) is 0 Å². The largest absolute Gasteiger partial charge is 0.507 e. The van der Waals surface area contributed by atoms with Gasteiger partial charge in [-0.1, -0.05) is 17.7 Å². The van der Waals surface area contributed by atoms with E-state index in [0.29, 0.717) is 43.2 Å². The van der Waals surface area contributed by atoms with Gasteiger partial charge < -0.3 is 29.3 Å². The Bertz CT molecular complexity index is 1180. The first kappa shape index (κ1) is 25.8. The molecule has 0 bridgehead atoms. The van der Waals surface area contributed by atoms with E-state index >= 15 is 0 Å². The number of methoxy groups -OCH3 is 2. The van der Waals surface area contributed by atoms with Crippen molar-refractivity contribution in [3.8, 4) is 17.2 Å². The molecule has 2 aromatic carbocycles. The molecule has 2 fully saturated rings. The maximum absolute atomic E-state index is 13.2. The number of phenols is 1. The maximum atomic E-state index is 13.2. The van der Waals surface area contributed by atoms with Crippen LogP contribution in [0, 0.1) is 0 Å². The van der Waals surface area contributed by atoms with E-state index in [4.69, 9.17) is 25.8 Å². The quantitative estimate of drug-likeness (QED) is 0.313. The van der Waals surface area contributed by atoms with E-state index in [1.807, 2.05) is 0 Å². The minimum Gasteiger partial charge on any atom is -0.507 e. The number of hydrogen-bond donors (Lipinski definition) is 2. The molecular formula is C26H29ClN2O7. The second kappa shape index (κ2) is 11.2. The molecule has 192 valence electrons. The summed E-state index contributed by atoms with van der Waals surface area (Å²) in [6.07, 6.45) is 0.624. The van der Waals surface area contributed by atoms with Crippen molar-refractivity contribution in [2.75, 3.05) is 53.6 Å². The molecule has 10 heteroatoms. The lowest BCUT2D eigenvalue weighted by Crippen LogP contribution is -2.38. The highest BCUT2D eigenvalue weighted by Crippen LogP contribution is 2.43. The number of phenolic OH excluding ortho intramolecular Hbond substituents is 1. The Morgan fingerprint density at radius 1 is 1.06 bits per heavy atom. The maximum Gasteiger partial charge on any atom is 0.295 e. The SMILES string of the molecule is COc1ccc(C2C(=C(O)c3cc(Cl)ccc3O)C(=O)C(=O)N2CCCN2CCOCC2)cc1OC. The monoisotopic (exact) mass is 516 g/mol. The Morgan fingerprint density at radius 3 is 2.47 bits per heavy atom. The summed E-state index contributed by atoms with van der Waals surface area (Å²) in [5.74, 6) is -1.42. The van der Waals surface area contributed by atoms with Crippen LogP contribution < -0.4 is 9.47 Å². The average Bonchev–Trinajstić information content (AvgIpc) is 3.15. The van der Waals surface area contributed by atoms with Gasteiger partial charge in [-0.3, -0.25) is 14.5 Å². The van der Waals surface area contributed by atoms with Gasteiger partial charge >= 0.3 is 0 Å². The number of benzene rings is 2. The van der Waals surface area contributed by atoms with Gasteiger partial charge in [0.25, 0.3) is 11.7 Å². The van der Waals surface area contributed by atoms with Crippen LogP contribution in [0.4, 0.5) is 0 Å². The predicted molar refractivity (Wildman–Crippen MR) is 134 cm³/mol. The zero-order chi connectivity index (χ0) is 25.8. The van der Waals surface area contributed by atoms with Crippen LogP contribution >= 0.6 is 11.6 Å². The van der Waals surface area contributed by atoms with Crippen molar-refractivity contribution in [1.29, 1.82) is 0 Å². The number of rotatable bonds is 8. The number of aliphatic hydroxyl groups excluding tert-OH is 1. The number of ether oxygens (including phenoxy) is 3. The number of nitrogens with zero attached hydrogens (tertiary/aromatic N) is 2. The van der Waals surface area contributed by atoms with Crippen LogP contribution in [0.15, 0.2) is 42.0 Å². The van der Waals surface area contributed by atoms with Gasteiger partial charge in [-0.15, -0.1) is 0 Å². The van der Waals surface area contributed by atoms with E-state index in [1.54, 1.807) is 18.2 Å². The van der Waals surface area contributed by atoms with E-state index in [1.165, 1.54) is 37.3 Å². The fraction of sp³-hybridized carbons (Fsp3) is 0.385. The standard InChI is InChI=1S/C26H29ClN2O7/c1-34-20-7-4-16(14-21(20)35-2)23-22(24(31)18-15-17(27)5-6-19(18)30)25(32)26(33)29(23)9-3-8-28-10-12-36-13-11-28/h4-7,14-15,23,30-31H,3,8-13H2,1-2H3. The molecule has 1 unspecified atom stereocenters. The summed E-state index contributed by atoms with van der Waals surface area (Å²) in [6.45, 7) is 3.98. The Balaban J connectivity index is 1.75. The van der Waals surface area contributed by atoms with Crippen molar-refractivity contribution in [2.24, 2.45) is 0 Å². The summed E-state index contributed by atoms with van der Waals surface area (Å²) in [5.41, 5.74) is 0.400. The average molecular weight is 517 g/mol. The van der Waals surface area contributed by atoms with Gasteiger partial charge in [0.2, 0.25) is 0 Å². The molecule has 4 rings (SSSR count). The lowest BCUT2D eigenvalue weighted by molar-refractivity contribution is -0.140. The van der Waals surface area contributed by atoms with E-state index in [9.17, 15) is 19.8 Å². The summed E-state index contributed by atoms with van der Waals surface area (Å²) in [4.78, 5) is 30.1. The third-order valence-electron chi connectivity index (χ3n) is 6.45. The highest BCUT2D eigenvalue weighted by molar-refractivity contribution is 6.46. The first-order valence-corrected chi connectivity index (χ1v) is 12.0. The van der Waals surface area contributed by atoms with Gasteiger partial charge in [-0.05, 0) is 42.3 Å². The molecule has 0 spiro atoms. The Labute approximate surface area is 214 Å². The van der Waals surface area contributed by atoms with Gasteiger partial charge in [0.1, 0.15) is 11.5 Å². The number of carbonyl (C=O) groups is 2. The van der Waals surface area contributed by atoms with Crippen molar-refractivity contribution < 1.29 is 34.0 Å². The normalized spacial score (nSPS) is 20.1. The number of carbonyl (C=O) groups excluding carboxylic acids is 2. The highest BCUT2D eigenvalue weighted by atomic mass is 35.5. The van der Waals surface area contributed by atoms with E-state index in [2.05, 4.69) is 4.90 Å². The molecule has 1 atom stereocenters. The molecule has 36 heavy (non-hydrogen) atoms. The fourth-order valence-electron chi connectivity index (χ4n) is 4.61. The summed E-state index contributed by atoms with van der Waals surface area (Å²) in [7, 11) is 3.00. The van der Waals surface area contributed by atoms with Crippen LogP contribution in [0.3, 0.4) is 0 Å². The van der Waals surface area contributed by atoms with Crippen LogP contribution in [0.2, 0.25) is 5.02 Å². The molecule has 0 aromatic heterocycles. The second-order valence-corrected chi connectivity index (χ2v) is 9.01. The van der Waals surface area contributed by atoms with Gasteiger partial charge in [0.15, 0.2) is 11.5 Å². The van der Waals surface area contributed by atoms with Gasteiger partial charge in [0, 0.05) is 31.2 Å². The van der Waals surface area contributed by atoms with Gasteiger partial charge in [-0.2, -0.15) is 0 Å². The summed E-state index contributed by atoms with van der Waals surface area (Å²) in [6, 6.07) is 8.31. The minimum atomic E-state index is -0.895. The summed E-state index contributed by atoms with van der Waals surface area (Å²) < 4.78 is 16.2. The topological polar surface area (TPSA) is 109 Å². The number of morpholine rings is 1. The molecule has 0 aliphatic carbocycles. The molecule has 0 saturated carbocycles. The molecule has 2 aliphatic rings. The molecule has 9 nitrogen and oxygen atoms in total. The predicted octanol–water partition coefficient (Wildman–Crippen LogP) is 3.21. The van der Waals surface area contributed by atoms with Crippen molar-refractivity contribution in [3.05, 3.63) is 58.1 Å². The van der Waals surface area contributed by atoms with E-state index < -0.39 is 23.5 Å². The molecule has 2 N–H and O–H groups in total. The number of Topliss-reactive ketones (excluding diaryl/α,β-unsaturated/α-hetero) is 1. The Morgan fingerprint density at radius 2 is 1.78 bits per heavy atom. The first-order valence-electron chi connectivity index (χ1n) is 11.6. The van der Waals surface area contributed by atoms with Gasteiger partial charge in [0.05, 0.1) is 44.6 Å². The first-order chi connectivity index (χ1) is 17.3. The number of hydrogen-bond acceptors (Lipinski definition) is 8. The van der Waals surface area contributed by atoms with Crippen LogP contribution in [-0.2, 0) is 14.3 Å². The number of likely N-dealkylation sites (tertiary alicyclic amines) is 1. The molecular weight excluding hydrogens is 488 g/mol. The molecule has 0 radical (unpaired) electrons. The Kier molecular flexibility index (Phi) is 8.03. The number of halogens is 1. The molecule has 1 amide bonds. The number of ketones is 1. The molecule has 2 saturated heterocycles. The minimum absolute atomic E-state index is 0.0284. The van der Waals surface area contributed by atoms with Crippen LogP contribution in [0.5, 0.6) is 17.2 Å². The third kappa shape index (κ3) is 5.13. The summed E-state index contributed by atoms with van der Waals surface area (Å²) in [5, 5.41) is 21.8. The van der Waals surface area contributed by atoms with Crippen molar-refractivity contribution in [1.82, 2.24) is 9.80 Å². The second-order valence-electron chi connectivity index (χ2n) is 8.58. The van der Waals surface area contributed by atoms with Crippen LogP contribution in [-0.4, -0.2) is 85.3 Å². The van der Waals surface area contributed by atoms with Crippen molar-refractivity contribution in [2.45, 2.75) is 12.5 Å². The lowest BCUT2D eigenvalue weighted by atomic mass is 9.94. The van der Waals surface area contributed by atoms with Crippen LogP contribution in [0.25, 0.3) is 5.76 Å². The van der Waals surface area contributed by atoms with E-state index in [-0.39, 0.29) is 21.9 Å². The van der Waals surface area contributed by atoms with Crippen LogP contribution in [0.1, 0.15) is 23.6 Å². The fourth-order valence-corrected chi connectivity index (χ4v) is 4.78. The number of aromatic hydroxyl groups is 1. The molecule has 2 aromatic rings. The number of aliphatic hydroxyl groups is 1. The lowest BCUT2D eigenvalue weighted by Gasteiger charge is -2.29. The Hall–Kier alpha value is -3.27. The van der Waals surface area contributed by atoms with Crippen molar-refractivity contribution >= 4 is 29.1 Å². The zero-order valence-corrected chi connectivity index (χ0v) is 21.0. The zero-order valence-electron chi connectivity index (χ0n) is 20.2. The smallest absolute Gasteiger partial charge is 0.295 e. The van der Waals surface area contributed by atoms with E-state index in [0.717, 1.165) is 19.6 Å². The highest BCUT2D eigenvalue weighted by Gasteiger charge is 2.46. The number of amides is 1. The van der Waals surface area contributed by atoms with Crippen molar-refractivity contribution in [3.63, 3.8) is 0 Å². The summed E-state index contributed by atoms with van der Waals surface area (Å²) >= 11 is 6.08. The molecule has 2 heterocycles. The molecule has 2 aliphatic heterocycles. The third-order valence-corrected chi connectivity index (χ3v) is 6.69.